The van der Waals surface area contributed by atoms with Gasteiger partial charge in [0.1, 0.15) is 11.4 Å². The Bertz CT molecular complexity index is 616. The van der Waals surface area contributed by atoms with Gasteiger partial charge in [0.05, 0.1) is 12.0 Å². The number of unbranched alkanes of at least 4 members (excludes halogenated alkanes) is 6. The van der Waals surface area contributed by atoms with Crippen molar-refractivity contribution in [2.45, 2.75) is 117 Å². The predicted octanol–water partition coefficient (Wildman–Crippen LogP) is 8.06. The lowest BCUT2D eigenvalue weighted by atomic mass is 9.90. The first kappa shape index (κ1) is 27.3. The third-order valence-corrected chi connectivity index (χ3v) is 6.32. The molecule has 0 saturated heterocycles. The lowest BCUT2D eigenvalue weighted by molar-refractivity contribution is -0.166. The number of carbonyl (C=O) groups excluding carboxylic acids is 1. The Morgan fingerprint density at radius 2 is 1.55 bits per heavy atom. The Labute approximate surface area is 191 Å². The van der Waals surface area contributed by atoms with E-state index >= 15 is 0 Å². The normalized spacial score (nSPS) is 13.5. The molecule has 3 nitrogen and oxygen atoms in total. The molecule has 0 aliphatic rings. The highest BCUT2D eigenvalue weighted by Crippen LogP contribution is 2.29. The maximum atomic E-state index is 12.3. The van der Waals surface area contributed by atoms with Crippen LogP contribution in [0.15, 0.2) is 36.9 Å². The standard InChI is InChI=1S/C28H46O3/c1-7-11-12-13-14-15-16-17-25-18-20-26(21-19-25)30-24(6)22-28(9-3,10-4)31-27(29)23(5)8-2/h8,18-21,23-24H,2,7,9-17,22H2,1,3-6H3. The zero-order chi connectivity index (χ0) is 23.1. The van der Waals surface area contributed by atoms with E-state index in [1.807, 2.05) is 6.92 Å². The van der Waals surface area contributed by atoms with E-state index in [1.165, 1.54) is 50.5 Å². The summed E-state index contributed by atoms with van der Waals surface area (Å²) in [7, 11) is 0. The third kappa shape index (κ3) is 10.4. The van der Waals surface area contributed by atoms with Crippen LogP contribution < -0.4 is 4.74 Å². The first-order valence-electron chi connectivity index (χ1n) is 12.5. The number of aryl methyl sites for hydroxylation is 1. The summed E-state index contributed by atoms with van der Waals surface area (Å²) in [6.07, 6.45) is 14.3. The largest absolute Gasteiger partial charge is 0.491 e. The lowest BCUT2D eigenvalue weighted by Crippen LogP contribution is -2.39. The van der Waals surface area contributed by atoms with Crippen molar-refractivity contribution < 1.29 is 14.3 Å². The van der Waals surface area contributed by atoms with Crippen molar-refractivity contribution in [2.24, 2.45) is 5.92 Å². The molecule has 1 aromatic rings. The number of carbonyl (C=O) groups is 1. The molecule has 0 spiro atoms. The van der Waals surface area contributed by atoms with E-state index < -0.39 is 5.60 Å². The van der Waals surface area contributed by atoms with Crippen LogP contribution in [-0.4, -0.2) is 17.7 Å². The summed E-state index contributed by atoms with van der Waals surface area (Å²) in [5.41, 5.74) is 0.877. The van der Waals surface area contributed by atoms with Crippen LogP contribution in [0.1, 0.15) is 104 Å². The summed E-state index contributed by atoms with van der Waals surface area (Å²) < 4.78 is 12.1. The molecular formula is C28H46O3. The fourth-order valence-electron chi connectivity index (χ4n) is 3.95. The van der Waals surface area contributed by atoms with Gasteiger partial charge in [-0.25, -0.2) is 0 Å². The predicted molar refractivity (Wildman–Crippen MR) is 132 cm³/mol. The summed E-state index contributed by atoms with van der Waals surface area (Å²) in [6, 6.07) is 8.49. The van der Waals surface area contributed by atoms with Crippen LogP contribution in [0.4, 0.5) is 0 Å². The Kier molecular flexibility index (Phi) is 13.3. The molecule has 176 valence electrons. The van der Waals surface area contributed by atoms with Gasteiger partial charge in [-0.05, 0) is 57.2 Å². The highest BCUT2D eigenvalue weighted by atomic mass is 16.6. The number of esters is 1. The molecule has 2 atom stereocenters. The molecule has 1 aromatic carbocycles. The van der Waals surface area contributed by atoms with Gasteiger partial charge in [-0.2, -0.15) is 0 Å². The molecule has 1 rings (SSSR count). The zero-order valence-corrected chi connectivity index (χ0v) is 20.8. The fourth-order valence-corrected chi connectivity index (χ4v) is 3.95. The molecule has 0 amide bonds. The summed E-state index contributed by atoms with van der Waals surface area (Å²) in [4.78, 5) is 12.3. The van der Waals surface area contributed by atoms with E-state index in [2.05, 4.69) is 58.5 Å². The van der Waals surface area contributed by atoms with Crippen molar-refractivity contribution >= 4 is 5.97 Å². The summed E-state index contributed by atoms with van der Waals surface area (Å²) in [6.45, 7) is 14.0. The molecule has 0 N–H and O–H groups in total. The molecule has 0 radical (unpaired) electrons. The second-order valence-electron chi connectivity index (χ2n) is 8.98. The third-order valence-electron chi connectivity index (χ3n) is 6.32. The topological polar surface area (TPSA) is 35.5 Å². The van der Waals surface area contributed by atoms with Gasteiger partial charge in [-0.3, -0.25) is 4.79 Å². The molecule has 2 unspecified atom stereocenters. The molecular weight excluding hydrogens is 384 g/mol. The van der Waals surface area contributed by atoms with Crippen LogP contribution in [0, 0.1) is 5.92 Å². The fraction of sp³-hybridized carbons (Fsp3) is 0.679. The minimum Gasteiger partial charge on any atom is -0.491 e. The van der Waals surface area contributed by atoms with Crippen LogP contribution >= 0.6 is 0 Å². The van der Waals surface area contributed by atoms with Crippen molar-refractivity contribution in [3.8, 4) is 5.75 Å². The van der Waals surface area contributed by atoms with Gasteiger partial charge in [0.2, 0.25) is 0 Å². The minimum absolute atomic E-state index is 0.0410. The van der Waals surface area contributed by atoms with E-state index in [-0.39, 0.29) is 18.0 Å². The molecule has 0 bridgehead atoms. The van der Waals surface area contributed by atoms with Gasteiger partial charge in [-0.15, -0.1) is 6.58 Å². The van der Waals surface area contributed by atoms with Crippen LogP contribution in [0.5, 0.6) is 5.75 Å². The SMILES string of the molecule is C=CC(C)C(=O)OC(CC)(CC)CC(C)Oc1ccc(CCCCCCCCC)cc1. The Hall–Kier alpha value is -1.77. The van der Waals surface area contributed by atoms with E-state index in [1.54, 1.807) is 6.08 Å². The van der Waals surface area contributed by atoms with Gasteiger partial charge in [0.25, 0.3) is 0 Å². The van der Waals surface area contributed by atoms with Gasteiger partial charge in [-0.1, -0.05) is 77.5 Å². The minimum atomic E-state index is -0.495. The van der Waals surface area contributed by atoms with Gasteiger partial charge in [0.15, 0.2) is 0 Å². The molecule has 31 heavy (non-hydrogen) atoms. The molecule has 0 aromatic heterocycles. The Morgan fingerprint density at radius 3 is 2.10 bits per heavy atom. The second-order valence-corrected chi connectivity index (χ2v) is 8.98. The Balaban J connectivity index is 2.50. The quantitative estimate of drug-likeness (QED) is 0.142. The monoisotopic (exact) mass is 430 g/mol. The lowest BCUT2D eigenvalue weighted by Gasteiger charge is -2.34. The van der Waals surface area contributed by atoms with Gasteiger partial charge < -0.3 is 9.47 Å². The molecule has 0 aliphatic heterocycles. The van der Waals surface area contributed by atoms with Gasteiger partial charge >= 0.3 is 5.97 Å². The molecule has 0 fully saturated rings. The van der Waals surface area contributed by atoms with E-state index in [0.717, 1.165) is 25.0 Å². The molecule has 3 heteroatoms. The van der Waals surface area contributed by atoms with Crippen molar-refractivity contribution in [3.63, 3.8) is 0 Å². The van der Waals surface area contributed by atoms with Crippen molar-refractivity contribution in [3.05, 3.63) is 42.5 Å². The van der Waals surface area contributed by atoms with Crippen molar-refractivity contribution in [1.82, 2.24) is 0 Å². The van der Waals surface area contributed by atoms with Crippen molar-refractivity contribution in [1.29, 1.82) is 0 Å². The highest BCUT2D eigenvalue weighted by molar-refractivity contribution is 5.74. The number of rotatable bonds is 17. The maximum Gasteiger partial charge on any atom is 0.313 e. The van der Waals surface area contributed by atoms with E-state index in [9.17, 15) is 4.79 Å². The molecule has 0 heterocycles. The number of hydrogen-bond acceptors (Lipinski definition) is 3. The van der Waals surface area contributed by atoms with Crippen molar-refractivity contribution in [2.75, 3.05) is 0 Å². The number of hydrogen-bond donors (Lipinski definition) is 0. The first-order chi connectivity index (χ1) is 14.9. The number of ether oxygens (including phenoxy) is 2. The summed E-state index contributed by atoms with van der Waals surface area (Å²) in [5.74, 6) is 0.376. The maximum absolute atomic E-state index is 12.3. The van der Waals surface area contributed by atoms with Gasteiger partial charge in [0, 0.05) is 6.42 Å². The second kappa shape index (κ2) is 15.1. The summed E-state index contributed by atoms with van der Waals surface area (Å²) in [5, 5.41) is 0. The van der Waals surface area contributed by atoms with E-state index in [4.69, 9.17) is 9.47 Å². The van der Waals surface area contributed by atoms with Crippen LogP contribution in [0.3, 0.4) is 0 Å². The van der Waals surface area contributed by atoms with E-state index in [0.29, 0.717) is 6.42 Å². The number of benzene rings is 1. The smallest absolute Gasteiger partial charge is 0.313 e. The van der Waals surface area contributed by atoms with Crippen LogP contribution in [0.25, 0.3) is 0 Å². The summed E-state index contributed by atoms with van der Waals surface area (Å²) >= 11 is 0. The Morgan fingerprint density at radius 1 is 0.968 bits per heavy atom. The van der Waals surface area contributed by atoms with Crippen LogP contribution in [-0.2, 0) is 16.0 Å². The molecule has 0 aliphatic carbocycles. The first-order valence-corrected chi connectivity index (χ1v) is 12.5. The average molecular weight is 431 g/mol. The average Bonchev–Trinajstić information content (AvgIpc) is 2.78. The molecule has 0 saturated carbocycles. The highest BCUT2D eigenvalue weighted by Gasteiger charge is 2.34. The zero-order valence-electron chi connectivity index (χ0n) is 20.8. The van der Waals surface area contributed by atoms with Crippen LogP contribution in [0.2, 0.25) is 0 Å².